The molecule has 1 atom stereocenters. The molecule has 0 aromatic heterocycles. The van der Waals surface area contributed by atoms with Crippen molar-refractivity contribution in [2.45, 2.75) is 52.9 Å². The highest BCUT2D eigenvalue weighted by Gasteiger charge is 2.13. The van der Waals surface area contributed by atoms with Gasteiger partial charge in [-0.1, -0.05) is 25.5 Å². The Morgan fingerprint density at radius 1 is 0.564 bits per heavy atom. The fourth-order valence-electron chi connectivity index (χ4n) is 5.05. The third-order valence-corrected chi connectivity index (χ3v) is 8.56. The Morgan fingerprint density at radius 3 is 1.49 bits per heavy atom. The maximum absolute atomic E-state index is 3.34. The van der Waals surface area contributed by atoms with Crippen LogP contribution in [0.1, 0.15) is 52.9 Å². The van der Waals surface area contributed by atoms with E-state index in [0.29, 0.717) is 0 Å². The first-order valence-corrected chi connectivity index (χ1v) is 16.0. The zero-order valence-corrected chi connectivity index (χ0v) is 27.9. The van der Waals surface area contributed by atoms with E-state index in [2.05, 4.69) is 104 Å². The van der Waals surface area contributed by atoms with Gasteiger partial charge in [-0.05, 0) is 126 Å². The average molecular weight is 552 g/mol. The second kappa shape index (κ2) is 22.1. The molecule has 7 heteroatoms. The van der Waals surface area contributed by atoms with Crippen LogP contribution in [-0.2, 0) is 0 Å². The number of nitrogens with one attached hydrogen (secondary N) is 1. The Morgan fingerprint density at radius 2 is 1.08 bits per heavy atom. The van der Waals surface area contributed by atoms with E-state index in [1.54, 1.807) is 5.57 Å². The first kappa shape index (κ1) is 36.5. The molecular formula is C32H69N7. The molecule has 7 nitrogen and oxygen atoms in total. The number of hydrogen-bond donors (Lipinski definition) is 1. The average Bonchev–Trinajstić information content (AvgIpc) is 3.13. The van der Waals surface area contributed by atoms with Gasteiger partial charge in [-0.15, -0.1) is 0 Å². The molecule has 232 valence electrons. The molecule has 0 unspecified atom stereocenters. The smallest absolute Gasteiger partial charge is 0.0162 e. The van der Waals surface area contributed by atoms with E-state index in [-0.39, 0.29) is 0 Å². The van der Waals surface area contributed by atoms with Crippen molar-refractivity contribution in [2.24, 2.45) is 11.8 Å². The normalized spacial score (nSPS) is 26.8. The first-order chi connectivity index (χ1) is 18.5. The van der Waals surface area contributed by atoms with Crippen molar-refractivity contribution in [1.29, 1.82) is 0 Å². The fourth-order valence-corrected chi connectivity index (χ4v) is 5.05. The van der Waals surface area contributed by atoms with E-state index in [0.717, 1.165) is 24.9 Å². The molecule has 4 fully saturated rings. The van der Waals surface area contributed by atoms with Crippen molar-refractivity contribution in [3.63, 3.8) is 0 Å². The summed E-state index contributed by atoms with van der Waals surface area (Å²) in [6.45, 7) is 24.2. The fraction of sp³-hybridized carbons (Fsp3) is 0.938. The van der Waals surface area contributed by atoms with Gasteiger partial charge in [0.1, 0.15) is 0 Å². The molecule has 0 aromatic carbocycles. The number of likely N-dealkylation sites (N-methyl/N-ethyl adjacent to an activating group) is 4. The van der Waals surface area contributed by atoms with E-state index in [4.69, 9.17) is 0 Å². The van der Waals surface area contributed by atoms with Crippen LogP contribution in [0.3, 0.4) is 0 Å². The molecule has 1 N–H and O–H groups in total. The monoisotopic (exact) mass is 552 g/mol. The van der Waals surface area contributed by atoms with Crippen LogP contribution in [0.4, 0.5) is 0 Å². The number of piperidine rings is 1. The van der Waals surface area contributed by atoms with Crippen LogP contribution in [0.2, 0.25) is 0 Å². The highest BCUT2D eigenvalue weighted by molar-refractivity contribution is 5.02. The Kier molecular flexibility index (Phi) is 20.7. The van der Waals surface area contributed by atoms with Crippen molar-refractivity contribution >= 4 is 0 Å². The van der Waals surface area contributed by atoms with Crippen LogP contribution in [-0.4, -0.2) is 163 Å². The lowest BCUT2D eigenvalue weighted by Gasteiger charge is -2.28. The molecule has 5 aliphatic heterocycles. The summed E-state index contributed by atoms with van der Waals surface area (Å²) in [4.78, 5) is 14.2. The van der Waals surface area contributed by atoms with Gasteiger partial charge < -0.3 is 34.7 Å². The van der Waals surface area contributed by atoms with Crippen LogP contribution >= 0.6 is 0 Å². The third-order valence-electron chi connectivity index (χ3n) is 8.56. The van der Waals surface area contributed by atoms with Gasteiger partial charge in [0, 0.05) is 58.9 Å². The minimum absolute atomic E-state index is 0.949. The summed E-state index contributed by atoms with van der Waals surface area (Å²) in [5, 5.41) is 3.34. The Labute approximate surface area is 244 Å². The second-order valence-electron chi connectivity index (χ2n) is 13.2. The van der Waals surface area contributed by atoms with E-state index in [1.807, 2.05) is 0 Å². The van der Waals surface area contributed by atoms with Gasteiger partial charge in [0.25, 0.3) is 0 Å². The Balaban J connectivity index is 0.000000244. The molecule has 0 saturated carbocycles. The van der Waals surface area contributed by atoms with Gasteiger partial charge >= 0.3 is 0 Å². The summed E-state index contributed by atoms with van der Waals surface area (Å²) in [7, 11) is 13.1. The zero-order valence-electron chi connectivity index (χ0n) is 27.9. The van der Waals surface area contributed by atoms with Gasteiger partial charge in [0.15, 0.2) is 0 Å². The van der Waals surface area contributed by atoms with E-state index < -0.39 is 0 Å². The minimum atomic E-state index is 0.949. The molecule has 39 heavy (non-hydrogen) atoms. The lowest BCUT2D eigenvalue weighted by atomic mass is 10.00. The third kappa shape index (κ3) is 20.9. The molecule has 0 bridgehead atoms. The van der Waals surface area contributed by atoms with Crippen LogP contribution in [0, 0.1) is 11.8 Å². The summed E-state index contributed by atoms with van der Waals surface area (Å²) < 4.78 is 0. The highest BCUT2D eigenvalue weighted by Crippen LogP contribution is 2.13. The SMILES string of the molecule is CC1=CCN(C)CC1.CC1CCN(C)CC1.CN1CCCNCC1.CN1CCN(C)CC1.C[C@@H]1CCN(C)C1. The highest BCUT2D eigenvalue weighted by atomic mass is 15.2. The summed E-state index contributed by atoms with van der Waals surface area (Å²) in [6.07, 6.45) is 9.06. The largest absolute Gasteiger partial charge is 0.315 e. The number of piperazine rings is 1. The minimum Gasteiger partial charge on any atom is -0.315 e. The number of likely N-dealkylation sites (tertiary alicyclic amines) is 2. The van der Waals surface area contributed by atoms with Crippen molar-refractivity contribution in [3.05, 3.63) is 11.6 Å². The van der Waals surface area contributed by atoms with Crippen molar-refractivity contribution in [1.82, 2.24) is 34.7 Å². The van der Waals surface area contributed by atoms with E-state index in [9.17, 15) is 0 Å². The molecule has 5 heterocycles. The predicted molar refractivity (Wildman–Crippen MR) is 173 cm³/mol. The number of hydrogen-bond acceptors (Lipinski definition) is 7. The Bertz CT molecular complexity index is 541. The standard InChI is InChI=1S/C7H15N.C7H13N.2C6H14N2.C6H13N/c3*1-7-3-5-8(2)6-4-7;1-8-5-2-3-7-4-6-8;1-6-3-4-7(2)5-6/h7H,3-6H2,1-2H3;3H,4-6H2,1-2H3;3-6H2,1-2H3;7H,2-6H2,1H3;6H,3-5H2,1-2H3/t;;;;6-/m....1/s1. The summed E-state index contributed by atoms with van der Waals surface area (Å²) in [6, 6.07) is 0. The van der Waals surface area contributed by atoms with E-state index >= 15 is 0 Å². The Hall–Kier alpha value is -0.540. The topological polar surface area (TPSA) is 31.5 Å². The van der Waals surface area contributed by atoms with Gasteiger partial charge in [0.05, 0.1) is 0 Å². The summed E-state index contributed by atoms with van der Waals surface area (Å²) in [5.74, 6) is 1.93. The van der Waals surface area contributed by atoms with Crippen LogP contribution in [0.15, 0.2) is 11.6 Å². The van der Waals surface area contributed by atoms with Gasteiger partial charge in [-0.3, -0.25) is 0 Å². The maximum Gasteiger partial charge on any atom is 0.0162 e. The van der Waals surface area contributed by atoms with Crippen LogP contribution < -0.4 is 5.32 Å². The van der Waals surface area contributed by atoms with Crippen LogP contribution in [0.25, 0.3) is 0 Å². The molecule has 4 saturated heterocycles. The van der Waals surface area contributed by atoms with Crippen LogP contribution in [0.5, 0.6) is 0 Å². The van der Waals surface area contributed by atoms with Gasteiger partial charge in [-0.2, -0.15) is 0 Å². The molecule has 5 rings (SSSR count). The van der Waals surface area contributed by atoms with Crippen molar-refractivity contribution < 1.29 is 0 Å². The first-order valence-electron chi connectivity index (χ1n) is 16.0. The molecule has 0 spiro atoms. The van der Waals surface area contributed by atoms with Crippen molar-refractivity contribution in [3.8, 4) is 0 Å². The maximum atomic E-state index is 3.34. The summed E-state index contributed by atoms with van der Waals surface area (Å²) >= 11 is 0. The quantitative estimate of drug-likeness (QED) is 0.462. The molecule has 5 aliphatic rings. The number of rotatable bonds is 0. The zero-order chi connectivity index (χ0) is 29.0. The summed E-state index contributed by atoms with van der Waals surface area (Å²) in [5.41, 5.74) is 1.54. The van der Waals surface area contributed by atoms with Gasteiger partial charge in [-0.25, -0.2) is 0 Å². The predicted octanol–water partition coefficient (Wildman–Crippen LogP) is 3.35. The second-order valence-corrected chi connectivity index (χ2v) is 13.2. The molecular weight excluding hydrogens is 482 g/mol. The van der Waals surface area contributed by atoms with Gasteiger partial charge in [0.2, 0.25) is 0 Å². The molecule has 0 aliphatic carbocycles. The molecule has 0 radical (unpaired) electrons. The number of nitrogens with zero attached hydrogens (tertiary/aromatic N) is 6. The molecule has 0 aromatic rings. The van der Waals surface area contributed by atoms with E-state index in [1.165, 1.54) is 111 Å². The molecule has 0 amide bonds. The van der Waals surface area contributed by atoms with Crippen molar-refractivity contribution in [2.75, 3.05) is 134 Å². The lowest BCUT2D eigenvalue weighted by molar-refractivity contribution is 0.181. The lowest BCUT2D eigenvalue weighted by Crippen LogP contribution is -2.42.